The summed E-state index contributed by atoms with van der Waals surface area (Å²) in [6, 6.07) is 0. The molecule has 0 aromatic carbocycles. The van der Waals surface area contributed by atoms with Gasteiger partial charge in [0.05, 0.1) is 0 Å². The summed E-state index contributed by atoms with van der Waals surface area (Å²) in [5.74, 6) is 0.414. The van der Waals surface area contributed by atoms with Gasteiger partial charge in [-0.2, -0.15) is 0 Å². The van der Waals surface area contributed by atoms with Gasteiger partial charge in [-0.3, -0.25) is 0 Å². The van der Waals surface area contributed by atoms with Crippen LogP contribution in [0.25, 0.3) is 0 Å². The average Bonchev–Trinajstić information content (AvgIpc) is 2.23. The van der Waals surface area contributed by atoms with E-state index in [9.17, 15) is 0 Å². The van der Waals surface area contributed by atoms with Crippen molar-refractivity contribution < 1.29 is 18.9 Å². The summed E-state index contributed by atoms with van der Waals surface area (Å²) < 4.78 is 21.7. The first-order chi connectivity index (χ1) is 7.07. The van der Waals surface area contributed by atoms with Crippen molar-refractivity contribution in [3.8, 4) is 0 Å². The Morgan fingerprint density at radius 2 is 1.87 bits per heavy atom. The van der Waals surface area contributed by atoms with E-state index in [-0.39, 0.29) is 12.6 Å². The zero-order valence-electron chi connectivity index (χ0n) is 10.3. The van der Waals surface area contributed by atoms with E-state index in [1.807, 2.05) is 6.92 Å². The average molecular weight is 218 g/mol. The van der Waals surface area contributed by atoms with Gasteiger partial charge in [-0.05, 0) is 19.8 Å². The molecule has 90 valence electrons. The Hall–Kier alpha value is -0.160. The zero-order valence-corrected chi connectivity index (χ0v) is 10.3. The Kier molecular flexibility index (Phi) is 4.52. The number of hydrogen-bond donors (Lipinski definition) is 0. The summed E-state index contributed by atoms with van der Waals surface area (Å²) >= 11 is 0. The minimum Gasteiger partial charge on any atom is -0.356 e. The van der Waals surface area contributed by atoms with Crippen LogP contribution in [0.2, 0.25) is 0 Å². The molecule has 4 nitrogen and oxygen atoms in total. The molecule has 1 heterocycles. The van der Waals surface area contributed by atoms with Crippen LogP contribution in [-0.2, 0) is 18.9 Å². The second-order valence-corrected chi connectivity index (χ2v) is 4.35. The molecule has 0 aromatic rings. The second-order valence-electron chi connectivity index (χ2n) is 4.35. The maximum absolute atomic E-state index is 5.91. The lowest BCUT2D eigenvalue weighted by molar-refractivity contribution is -0.310. The lowest BCUT2D eigenvalue weighted by Crippen LogP contribution is -2.51. The summed E-state index contributed by atoms with van der Waals surface area (Å²) in [5.41, 5.74) is -0.420. The topological polar surface area (TPSA) is 36.9 Å². The first-order valence-electron chi connectivity index (χ1n) is 5.33. The number of rotatable bonds is 4. The maximum Gasteiger partial charge on any atom is 0.185 e. The largest absolute Gasteiger partial charge is 0.356 e. The lowest BCUT2D eigenvalue weighted by Gasteiger charge is -2.44. The van der Waals surface area contributed by atoms with Crippen molar-refractivity contribution >= 4 is 0 Å². The molecule has 0 amide bonds. The van der Waals surface area contributed by atoms with Crippen molar-refractivity contribution in [1.29, 1.82) is 0 Å². The van der Waals surface area contributed by atoms with Crippen LogP contribution in [-0.4, -0.2) is 39.5 Å². The van der Waals surface area contributed by atoms with E-state index >= 15 is 0 Å². The van der Waals surface area contributed by atoms with Gasteiger partial charge >= 0.3 is 0 Å². The third-order valence-electron chi connectivity index (χ3n) is 3.11. The molecule has 0 saturated carbocycles. The van der Waals surface area contributed by atoms with Crippen LogP contribution in [0.3, 0.4) is 0 Å². The van der Waals surface area contributed by atoms with Gasteiger partial charge in [0.15, 0.2) is 12.6 Å². The van der Waals surface area contributed by atoms with Gasteiger partial charge < -0.3 is 18.9 Å². The third kappa shape index (κ3) is 2.69. The van der Waals surface area contributed by atoms with Gasteiger partial charge in [-0.25, -0.2) is 0 Å². The van der Waals surface area contributed by atoms with E-state index in [0.29, 0.717) is 5.92 Å². The fourth-order valence-corrected chi connectivity index (χ4v) is 2.14. The van der Waals surface area contributed by atoms with E-state index in [1.165, 1.54) is 0 Å². The van der Waals surface area contributed by atoms with Crippen molar-refractivity contribution in [2.75, 3.05) is 21.3 Å². The van der Waals surface area contributed by atoms with Crippen molar-refractivity contribution in [3.05, 3.63) is 0 Å². The molecule has 4 heteroatoms. The Balaban J connectivity index is 2.69. The fourth-order valence-electron chi connectivity index (χ4n) is 2.14. The van der Waals surface area contributed by atoms with E-state index in [1.54, 1.807) is 21.3 Å². The molecule has 1 saturated heterocycles. The maximum atomic E-state index is 5.91. The van der Waals surface area contributed by atoms with Crippen LogP contribution >= 0.6 is 0 Å². The van der Waals surface area contributed by atoms with E-state index < -0.39 is 5.60 Å². The zero-order chi connectivity index (χ0) is 11.5. The van der Waals surface area contributed by atoms with Gasteiger partial charge in [-0.1, -0.05) is 6.92 Å². The smallest absolute Gasteiger partial charge is 0.185 e. The van der Waals surface area contributed by atoms with Crippen LogP contribution in [0.1, 0.15) is 26.7 Å². The summed E-state index contributed by atoms with van der Waals surface area (Å²) in [6.45, 7) is 4.13. The summed E-state index contributed by atoms with van der Waals surface area (Å²) in [4.78, 5) is 0. The van der Waals surface area contributed by atoms with Crippen molar-refractivity contribution in [1.82, 2.24) is 0 Å². The molecule has 1 aliphatic heterocycles. The molecule has 0 bridgehead atoms. The Bertz CT molecular complexity index is 193. The Morgan fingerprint density at radius 3 is 2.33 bits per heavy atom. The standard InChI is InChI=1S/C11H22O4/c1-8-6-7-11(2,10(13-4)14-5)15-9(8)12-3/h8-10H,6-7H2,1-5H3/t8-,9+,11+/m1/s1. The van der Waals surface area contributed by atoms with E-state index in [4.69, 9.17) is 18.9 Å². The summed E-state index contributed by atoms with van der Waals surface area (Å²) in [7, 11) is 4.92. The molecule has 0 aromatic heterocycles. The molecule has 1 fully saturated rings. The highest BCUT2D eigenvalue weighted by molar-refractivity contribution is 4.85. The molecular weight excluding hydrogens is 196 g/mol. The molecule has 1 aliphatic rings. The molecule has 15 heavy (non-hydrogen) atoms. The Morgan fingerprint density at radius 1 is 1.27 bits per heavy atom. The SMILES string of the molecule is COC(OC)[C@]1(C)CC[C@@H](C)[C@@H](OC)O1. The minimum atomic E-state index is -0.420. The number of hydrogen-bond acceptors (Lipinski definition) is 4. The highest BCUT2D eigenvalue weighted by atomic mass is 16.7. The third-order valence-corrected chi connectivity index (χ3v) is 3.11. The summed E-state index contributed by atoms with van der Waals surface area (Å²) in [5, 5.41) is 0. The quantitative estimate of drug-likeness (QED) is 0.674. The van der Waals surface area contributed by atoms with Gasteiger partial charge in [0, 0.05) is 27.2 Å². The molecule has 1 rings (SSSR count). The second kappa shape index (κ2) is 5.25. The lowest BCUT2D eigenvalue weighted by atomic mass is 9.89. The van der Waals surface area contributed by atoms with Gasteiger partial charge in [-0.15, -0.1) is 0 Å². The monoisotopic (exact) mass is 218 g/mol. The molecule has 0 radical (unpaired) electrons. The van der Waals surface area contributed by atoms with Crippen LogP contribution in [0.4, 0.5) is 0 Å². The first kappa shape index (κ1) is 12.9. The molecule has 3 atom stereocenters. The van der Waals surface area contributed by atoms with Gasteiger partial charge in [0.2, 0.25) is 0 Å². The fraction of sp³-hybridized carbons (Fsp3) is 1.00. The van der Waals surface area contributed by atoms with Gasteiger partial charge in [0.25, 0.3) is 0 Å². The Labute approximate surface area is 91.8 Å². The van der Waals surface area contributed by atoms with E-state index in [2.05, 4.69) is 6.92 Å². The molecule has 0 unspecified atom stereocenters. The predicted molar refractivity (Wildman–Crippen MR) is 56.5 cm³/mol. The van der Waals surface area contributed by atoms with Crippen molar-refractivity contribution in [2.45, 2.75) is 44.9 Å². The van der Waals surface area contributed by atoms with Crippen LogP contribution in [0.5, 0.6) is 0 Å². The normalized spacial score (nSPS) is 37.2. The number of methoxy groups -OCH3 is 3. The molecule has 0 N–H and O–H groups in total. The minimum absolute atomic E-state index is 0.170. The summed E-state index contributed by atoms with van der Waals surface area (Å²) in [6.07, 6.45) is 1.46. The van der Waals surface area contributed by atoms with Crippen LogP contribution in [0, 0.1) is 5.92 Å². The molecule has 0 aliphatic carbocycles. The van der Waals surface area contributed by atoms with Crippen LogP contribution in [0.15, 0.2) is 0 Å². The van der Waals surface area contributed by atoms with Crippen molar-refractivity contribution in [3.63, 3.8) is 0 Å². The highest BCUT2D eigenvalue weighted by Crippen LogP contribution is 2.35. The molecule has 0 spiro atoms. The van der Waals surface area contributed by atoms with E-state index in [0.717, 1.165) is 12.8 Å². The highest BCUT2D eigenvalue weighted by Gasteiger charge is 2.43. The number of ether oxygens (including phenoxy) is 4. The predicted octanol–water partition coefficient (Wildman–Crippen LogP) is 1.78. The first-order valence-corrected chi connectivity index (χ1v) is 5.33. The van der Waals surface area contributed by atoms with Gasteiger partial charge in [0.1, 0.15) is 5.60 Å². The van der Waals surface area contributed by atoms with Crippen molar-refractivity contribution in [2.24, 2.45) is 5.92 Å². The van der Waals surface area contributed by atoms with Crippen LogP contribution < -0.4 is 0 Å². The molecular formula is C11H22O4.